The average molecular weight is 181 g/mol. The van der Waals surface area contributed by atoms with E-state index in [0.29, 0.717) is 5.78 Å². The third-order valence-corrected chi connectivity index (χ3v) is 2.37. The van der Waals surface area contributed by atoms with Gasteiger partial charge in [0, 0.05) is 32.3 Å². The van der Waals surface area contributed by atoms with E-state index in [2.05, 4.69) is 0 Å². The van der Waals surface area contributed by atoms with Gasteiger partial charge in [0.25, 0.3) is 0 Å². The fourth-order valence-corrected chi connectivity index (χ4v) is 1.70. The van der Waals surface area contributed by atoms with Gasteiger partial charge in [-0.2, -0.15) is 0 Å². The summed E-state index contributed by atoms with van der Waals surface area (Å²) in [5.74, 6) is 0.355. The Morgan fingerprint density at radius 2 is 1.69 bits per heavy atom. The lowest BCUT2D eigenvalue weighted by Gasteiger charge is -2.13. The number of ketones is 1. The number of hydrogen-bond donors (Lipinski definition) is 0. The van der Waals surface area contributed by atoms with E-state index in [0.717, 1.165) is 24.8 Å². The third-order valence-electron chi connectivity index (χ3n) is 2.37. The van der Waals surface area contributed by atoms with Crippen LogP contribution in [-0.4, -0.2) is 24.8 Å². The lowest BCUT2D eigenvalue weighted by molar-refractivity contribution is -0.116. The predicted molar refractivity (Wildman–Crippen MR) is 54.5 cm³/mol. The molecule has 13 heavy (non-hydrogen) atoms. The molecule has 1 saturated carbocycles. The van der Waals surface area contributed by atoms with Crippen molar-refractivity contribution in [2.75, 3.05) is 14.1 Å². The van der Waals surface area contributed by atoms with E-state index in [1.165, 1.54) is 19.3 Å². The van der Waals surface area contributed by atoms with Gasteiger partial charge in [-0.3, -0.25) is 4.79 Å². The van der Waals surface area contributed by atoms with Crippen LogP contribution < -0.4 is 0 Å². The molecular formula is C11H19NO. The Labute approximate surface area is 80.6 Å². The van der Waals surface area contributed by atoms with Gasteiger partial charge in [0.2, 0.25) is 0 Å². The van der Waals surface area contributed by atoms with Crippen molar-refractivity contribution in [1.29, 1.82) is 0 Å². The summed E-state index contributed by atoms with van der Waals surface area (Å²) in [5, 5.41) is 0. The van der Waals surface area contributed by atoms with Gasteiger partial charge in [0.05, 0.1) is 0 Å². The minimum atomic E-state index is 0.355. The number of rotatable bonds is 1. The van der Waals surface area contributed by atoms with Crippen LogP contribution in [0, 0.1) is 0 Å². The van der Waals surface area contributed by atoms with Gasteiger partial charge < -0.3 is 4.90 Å². The van der Waals surface area contributed by atoms with Crippen LogP contribution in [-0.2, 0) is 4.79 Å². The quantitative estimate of drug-likeness (QED) is 0.579. The summed E-state index contributed by atoms with van der Waals surface area (Å²) < 4.78 is 0. The first kappa shape index (κ1) is 10.3. The van der Waals surface area contributed by atoms with Crippen LogP contribution in [0.2, 0.25) is 0 Å². The Morgan fingerprint density at radius 3 is 2.31 bits per heavy atom. The number of nitrogens with zero attached hydrogens (tertiary/aromatic N) is 1. The highest BCUT2D eigenvalue weighted by atomic mass is 16.1. The van der Waals surface area contributed by atoms with Gasteiger partial charge in [-0.05, 0) is 19.3 Å². The zero-order valence-corrected chi connectivity index (χ0v) is 8.68. The summed E-state index contributed by atoms with van der Waals surface area (Å²) in [5.41, 5.74) is 1.02. The fourth-order valence-electron chi connectivity index (χ4n) is 1.70. The van der Waals surface area contributed by atoms with Gasteiger partial charge in [-0.25, -0.2) is 0 Å². The maximum Gasteiger partial charge on any atom is 0.160 e. The molecule has 2 nitrogen and oxygen atoms in total. The first-order valence-electron chi connectivity index (χ1n) is 5.10. The molecule has 0 radical (unpaired) electrons. The molecule has 0 bridgehead atoms. The summed E-state index contributed by atoms with van der Waals surface area (Å²) in [6.07, 6.45) is 8.44. The second kappa shape index (κ2) is 5.05. The Hall–Kier alpha value is -0.790. The van der Waals surface area contributed by atoms with E-state index in [-0.39, 0.29) is 0 Å². The lowest BCUT2D eigenvalue weighted by atomic mass is 9.96. The van der Waals surface area contributed by atoms with Crippen molar-refractivity contribution < 1.29 is 4.79 Å². The molecule has 0 saturated heterocycles. The van der Waals surface area contributed by atoms with Crippen LogP contribution >= 0.6 is 0 Å². The minimum absolute atomic E-state index is 0.355. The fraction of sp³-hybridized carbons (Fsp3) is 0.727. The first-order valence-corrected chi connectivity index (χ1v) is 5.10. The van der Waals surface area contributed by atoms with Crippen LogP contribution in [0.25, 0.3) is 0 Å². The molecule has 0 aliphatic heterocycles. The molecule has 0 spiro atoms. The highest BCUT2D eigenvalue weighted by Gasteiger charge is 2.11. The van der Waals surface area contributed by atoms with Crippen molar-refractivity contribution in [3.8, 4) is 0 Å². The molecule has 1 aliphatic rings. The Balaban J connectivity index is 2.61. The van der Waals surface area contributed by atoms with Crippen molar-refractivity contribution in [3.63, 3.8) is 0 Å². The van der Waals surface area contributed by atoms with Gasteiger partial charge in [-0.1, -0.05) is 12.8 Å². The number of allylic oxidation sites excluding steroid dienone is 1. The van der Waals surface area contributed by atoms with E-state index in [1.54, 1.807) is 0 Å². The monoisotopic (exact) mass is 181 g/mol. The zero-order chi connectivity index (χ0) is 9.68. The molecule has 0 heterocycles. The molecule has 0 N–H and O–H groups in total. The Morgan fingerprint density at radius 1 is 1.08 bits per heavy atom. The summed E-state index contributed by atoms with van der Waals surface area (Å²) in [6.45, 7) is 0. The van der Waals surface area contributed by atoms with Crippen LogP contribution in [0.4, 0.5) is 0 Å². The van der Waals surface area contributed by atoms with E-state index in [1.807, 2.05) is 25.2 Å². The molecule has 2 heteroatoms. The van der Waals surface area contributed by atoms with Gasteiger partial charge in [0.15, 0.2) is 5.78 Å². The van der Waals surface area contributed by atoms with Crippen LogP contribution in [0.15, 0.2) is 11.8 Å². The number of Topliss-reactive ketones (excluding diaryl/α,β-unsaturated/α-hetero) is 1. The normalized spacial score (nSPS) is 22.6. The highest BCUT2D eigenvalue weighted by molar-refractivity contribution is 5.95. The third kappa shape index (κ3) is 3.62. The van der Waals surface area contributed by atoms with E-state index >= 15 is 0 Å². The topological polar surface area (TPSA) is 20.3 Å². The van der Waals surface area contributed by atoms with Crippen molar-refractivity contribution in [1.82, 2.24) is 4.90 Å². The Bertz CT molecular complexity index is 206. The molecule has 0 unspecified atom stereocenters. The molecule has 0 aromatic carbocycles. The molecule has 0 aromatic heterocycles. The maximum absolute atomic E-state index is 11.6. The van der Waals surface area contributed by atoms with Gasteiger partial charge in [0.1, 0.15) is 0 Å². The minimum Gasteiger partial charge on any atom is -0.383 e. The van der Waals surface area contributed by atoms with Gasteiger partial charge >= 0.3 is 0 Å². The molecule has 74 valence electrons. The smallest absolute Gasteiger partial charge is 0.160 e. The summed E-state index contributed by atoms with van der Waals surface area (Å²) in [6, 6.07) is 0. The summed E-state index contributed by atoms with van der Waals surface area (Å²) in [4.78, 5) is 13.6. The average Bonchev–Trinajstić information content (AvgIpc) is 2.04. The first-order chi connectivity index (χ1) is 6.20. The second-order valence-electron chi connectivity index (χ2n) is 3.96. The standard InChI is InChI=1S/C11H19NO/c1-12(2)9-10-7-5-3-4-6-8-11(10)13/h9H,3-8H2,1-2H3/b10-9+. The zero-order valence-electron chi connectivity index (χ0n) is 8.68. The largest absolute Gasteiger partial charge is 0.383 e. The van der Waals surface area contributed by atoms with Crippen molar-refractivity contribution in [2.24, 2.45) is 0 Å². The van der Waals surface area contributed by atoms with Crippen LogP contribution in [0.5, 0.6) is 0 Å². The number of carbonyl (C=O) groups excluding carboxylic acids is 1. The van der Waals surface area contributed by atoms with Crippen LogP contribution in [0.1, 0.15) is 38.5 Å². The van der Waals surface area contributed by atoms with Crippen molar-refractivity contribution in [3.05, 3.63) is 11.8 Å². The maximum atomic E-state index is 11.6. The lowest BCUT2D eigenvalue weighted by Crippen LogP contribution is -2.11. The molecule has 0 aromatic rings. The molecular weight excluding hydrogens is 162 g/mol. The number of carbonyl (C=O) groups is 1. The molecule has 0 amide bonds. The molecule has 0 atom stereocenters. The molecule has 1 aliphatic carbocycles. The van der Waals surface area contributed by atoms with E-state index in [4.69, 9.17) is 0 Å². The van der Waals surface area contributed by atoms with Crippen molar-refractivity contribution in [2.45, 2.75) is 38.5 Å². The predicted octanol–water partition coefficient (Wildman–Crippen LogP) is 2.36. The Kier molecular flexibility index (Phi) is 4.00. The summed E-state index contributed by atoms with van der Waals surface area (Å²) >= 11 is 0. The van der Waals surface area contributed by atoms with Crippen molar-refractivity contribution >= 4 is 5.78 Å². The molecule has 1 fully saturated rings. The SMILES string of the molecule is CN(C)/C=C1\CCCCCCC1=O. The number of hydrogen-bond acceptors (Lipinski definition) is 2. The second-order valence-corrected chi connectivity index (χ2v) is 3.96. The summed E-state index contributed by atoms with van der Waals surface area (Å²) in [7, 11) is 3.94. The molecule has 1 rings (SSSR count). The van der Waals surface area contributed by atoms with Crippen LogP contribution in [0.3, 0.4) is 0 Å². The van der Waals surface area contributed by atoms with E-state index in [9.17, 15) is 4.79 Å². The highest BCUT2D eigenvalue weighted by Crippen LogP contribution is 2.18. The van der Waals surface area contributed by atoms with E-state index < -0.39 is 0 Å². The van der Waals surface area contributed by atoms with Gasteiger partial charge in [-0.15, -0.1) is 0 Å².